The Hall–Kier alpha value is -2.13. The lowest BCUT2D eigenvalue weighted by Crippen LogP contribution is -1.85. The van der Waals surface area contributed by atoms with E-state index in [0.29, 0.717) is 0 Å². The highest BCUT2D eigenvalue weighted by Gasteiger charge is 2.08. The molecule has 3 heteroatoms. The molecule has 0 aliphatic carbocycles. The number of anilines is 1. The molecule has 0 spiro atoms. The van der Waals surface area contributed by atoms with Crippen LogP contribution in [0.1, 0.15) is 5.56 Å². The van der Waals surface area contributed by atoms with Crippen molar-refractivity contribution in [3.05, 3.63) is 59.5 Å². The Morgan fingerprint density at radius 3 is 2.68 bits per heavy atom. The van der Waals surface area contributed by atoms with Gasteiger partial charge in [0.2, 0.25) is 0 Å². The number of hydrogen-bond acceptors (Lipinski definition) is 3. The molecule has 0 amide bonds. The van der Waals surface area contributed by atoms with Crippen molar-refractivity contribution >= 4 is 17.0 Å². The fourth-order valence-corrected chi connectivity index (χ4v) is 2.88. The van der Waals surface area contributed by atoms with Crippen LogP contribution in [0.15, 0.2) is 53.9 Å². The number of aryl methyl sites for hydroxylation is 1. The van der Waals surface area contributed by atoms with Gasteiger partial charge < -0.3 is 5.73 Å². The maximum Gasteiger partial charge on any atom is 0.124 e. The van der Waals surface area contributed by atoms with E-state index in [-0.39, 0.29) is 0 Å². The molecule has 0 saturated heterocycles. The molecule has 0 bridgehead atoms. The first-order valence-electron chi connectivity index (χ1n) is 6.11. The van der Waals surface area contributed by atoms with Gasteiger partial charge in [0, 0.05) is 22.2 Å². The smallest absolute Gasteiger partial charge is 0.124 e. The van der Waals surface area contributed by atoms with Gasteiger partial charge in [-0.1, -0.05) is 36.4 Å². The number of thiazole rings is 1. The van der Waals surface area contributed by atoms with Crippen LogP contribution in [0.25, 0.3) is 21.8 Å². The lowest BCUT2D eigenvalue weighted by Gasteiger charge is -2.01. The van der Waals surface area contributed by atoms with Crippen LogP contribution in [-0.2, 0) is 0 Å². The van der Waals surface area contributed by atoms with Crippen LogP contribution in [0.5, 0.6) is 0 Å². The minimum Gasteiger partial charge on any atom is -0.399 e. The zero-order chi connectivity index (χ0) is 13.2. The van der Waals surface area contributed by atoms with Gasteiger partial charge in [-0.2, -0.15) is 0 Å². The molecule has 1 aromatic heterocycles. The second-order valence-corrected chi connectivity index (χ2v) is 5.34. The maximum absolute atomic E-state index is 5.81. The summed E-state index contributed by atoms with van der Waals surface area (Å²) >= 11 is 1.65. The molecule has 0 aliphatic rings. The van der Waals surface area contributed by atoms with Gasteiger partial charge in [0.05, 0.1) is 5.69 Å². The summed E-state index contributed by atoms with van der Waals surface area (Å²) < 4.78 is 0. The number of hydrogen-bond donors (Lipinski definition) is 1. The molecular weight excluding hydrogens is 252 g/mol. The number of nitrogens with two attached hydrogens (primary N) is 1. The standard InChI is InChI=1S/C16H14N2S/c1-11-5-2-3-8-14(11)15-10-19-16(18-15)12-6-4-7-13(17)9-12/h2-10H,17H2,1H3. The van der Waals surface area contributed by atoms with E-state index < -0.39 is 0 Å². The normalized spacial score (nSPS) is 10.6. The minimum absolute atomic E-state index is 0.769. The number of nitrogens with zero attached hydrogens (tertiary/aromatic N) is 1. The Bertz CT molecular complexity index is 716. The van der Waals surface area contributed by atoms with Crippen LogP contribution < -0.4 is 5.73 Å². The third kappa shape index (κ3) is 2.37. The van der Waals surface area contributed by atoms with Gasteiger partial charge in [-0.15, -0.1) is 11.3 Å². The molecule has 2 aromatic carbocycles. The molecule has 3 rings (SSSR count). The molecule has 0 unspecified atom stereocenters. The Morgan fingerprint density at radius 1 is 1.05 bits per heavy atom. The van der Waals surface area contributed by atoms with Gasteiger partial charge in [-0.25, -0.2) is 4.98 Å². The van der Waals surface area contributed by atoms with Gasteiger partial charge in [-0.05, 0) is 24.6 Å². The van der Waals surface area contributed by atoms with Gasteiger partial charge in [0.15, 0.2) is 0 Å². The molecule has 0 atom stereocenters. The van der Waals surface area contributed by atoms with E-state index in [1.807, 2.05) is 36.4 Å². The van der Waals surface area contributed by atoms with E-state index >= 15 is 0 Å². The van der Waals surface area contributed by atoms with Crippen molar-refractivity contribution in [3.63, 3.8) is 0 Å². The van der Waals surface area contributed by atoms with Crippen LogP contribution in [0.2, 0.25) is 0 Å². The molecule has 19 heavy (non-hydrogen) atoms. The summed E-state index contributed by atoms with van der Waals surface area (Å²) in [6, 6.07) is 16.1. The first-order chi connectivity index (χ1) is 9.24. The zero-order valence-electron chi connectivity index (χ0n) is 10.6. The Kier molecular flexibility index (Phi) is 3.05. The lowest BCUT2D eigenvalue weighted by atomic mass is 10.1. The predicted molar refractivity (Wildman–Crippen MR) is 82.1 cm³/mol. The van der Waals surface area contributed by atoms with Gasteiger partial charge >= 0.3 is 0 Å². The largest absolute Gasteiger partial charge is 0.399 e. The Labute approximate surface area is 116 Å². The van der Waals surface area contributed by atoms with Gasteiger partial charge in [-0.3, -0.25) is 0 Å². The zero-order valence-corrected chi connectivity index (χ0v) is 11.4. The van der Waals surface area contributed by atoms with E-state index in [2.05, 4.69) is 24.4 Å². The van der Waals surface area contributed by atoms with Crippen molar-refractivity contribution in [1.29, 1.82) is 0 Å². The summed E-state index contributed by atoms with van der Waals surface area (Å²) in [6.45, 7) is 2.11. The molecule has 0 radical (unpaired) electrons. The third-order valence-electron chi connectivity index (χ3n) is 3.06. The summed E-state index contributed by atoms with van der Waals surface area (Å²) in [5.74, 6) is 0. The summed E-state index contributed by atoms with van der Waals surface area (Å²) in [5, 5.41) is 3.10. The van der Waals surface area contributed by atoms with Crippen molar-refractivity contribution in [3.8, 4) is 21.8 Å². The fourth-order valence-electron chi connectivity index (χ4n) is 2.06. The highest BCUT2D eigenvalue weighted by molar-refractivity contribution is 7.13. The molecule has 3 aromatic rings. The molecule has 2 nitrogen and oxygen atoms in total. The van der Waals surface area contributed by atoms with Gasteiger partial charge in [0.1, 0.15) is 5.01 Å². The Balaban J connectivity index is 2.03. The van der Waals surface area contributed by atoms with Gasteiger partial charge in [0.25, 0.3) is 0 Å². The predicted octanol–water partition coefficient (Wildman–Crippen LogP) is 4.37. The summed E-state index contributed by atoms with van der Waals surface area (Å²) in [5.41, 5.74) is 11.1. The molecule has 2 N–H and O–H groups in total. The van der Waals surface area contributed by atoms with Crippen LogP contribution in [0, 0.1) is 6.92 Å². The molecule has 1 heterocycles. The van der Waals surface area contributed by atoms with Crippen LogP contribution in [-0.4, -0.2) is 4.98 Å². The number of benzene rings is 2. The topological polar surface area (TPSA) is 38.9 Å². The molecule has 0 saturated carbocycles. The van der Waals surface area contributed by atoms with Crippen LogP contribution in [0.4, 0.5) is 5.69 Å². The average Bonchev–Trinajstić information content (AvgIpc) is 2.89. The fraction of sp³-hybridized carbons (Fsp3) is 0.0625. The second kappa shape index (κ2) is 4.86. The molecule has 94 valence electrons. The van der Waals surface area contributed by atoms with Crippen molar-refractivity contribution < 1.29 is 0 Å². The highest BCUT2D eigenvalue weighted by atomic mass is 32.1. The monoisotopic (exact) mass is 266 g/mol. The number of nitrogen functional groups attached to an aromatic ring is 1. The van der Waals surface area contributed by atoms with E-state index in [1.54, 1.807) is 11.3 Å². The molecular formula is C16H14N2S. The average molecular weight is 266 g/mol. The first-order valence-corrected chi connectivity index (χ1v) is 6.99. The van der Waals surface area contributed by atoms with Crippen molar-refractivity contribution in [2.75, 3.05) is 5.73 Å². The van der Waals surface area contributed by atoms with Crippen molar-refractivity contribution in [2.45, 2.75) is 6.92 Å². The number of aromatic nitrogens is 1. The third-order valence-corrected chi connectivity index (χ3v) is 3.95. The van der Waals surface area contributed by atoms with E-state index in [9.17, 15) is 0 Å². The van der Waals surface area contributed by atoms with E-state index in [1.165, 1.54) is 11.1 Å². The summed E-state index contributed by atoms with van der Waals surface area (Å²) in [6.07, 6.45) is 0. The SMILES string of the molecule is Cc1ccccc1-c1csc(-c2cccc(N)c2)n1. The first kappa shape index (κ1) is 11.9. The highest BCUT2D eigenvalue weighted by Crippen LogP contribution is 2.30. The summed E-state index contributed by atoms with van der Waals surface area (Å²) in [7, 11) is 0. The van der Waals surface area contributed by atoms with Crippen molar-refractivity contribution in [2.24, 2.45) is 0 Å². The molecule has 0 aliphatic heterocycles. The second-order valence-electron chi connectivity index (χ2n) is 4.48. The Morgan fingerprint density at radius 2 is 1.89 bits per heavy atom. The molecule has 0 fully saturated rings. The van der Waals surface area contributed by atoms with Crippen LogP contribution >= 0.6 is 11.3 Å². The quantitative estimate of drug-likeness (QED) is 0.700. The van der Waals surface area contributed by atoms with Crippen LogP contribution in [0.3, 0.4) is 0 Å². The van der Waals surface area contributed by atoms with E-state index in [0.717, 1.165) is 22.0 Å². The summed E-state index contributed by atoms with van der Waals surface area (Å²) in [4.78, 5) is 4.72. The number of rotatable bonds is 2. The lowest BCUT2D eigenvalue weighted by molar-refractivity contribution is 1.37. The van der Waals surface area contributed by atoms with Crippen molar-refractivity contribution in [1.82, 2.24) is 4.98 Å². The maximum atomic E-state index is 5.81. The minimum atomic E-state index is 0.769. The van der Waals surface area contributed by atoms with E-state index in [4.69, 9.17) is 10.7 Å².